The molecule has 5 heterocycles. The summed E-state index contributed by atoms with van der Waals surface area (Å²) < 4.78 is 1.61. The van der Waals surface area contributed by atoms with Crippen molar-refractivity contribution in [1.82, 2.24) is 19.4 Å². The number of hydrogen-bond donors (Lipinski definition) is 0. The van der Waals surface area contributed by atoms with Crippen molar-refractivity contribution in [3.8, 4) is 0 Å². The average Bonchev–Trinajstić information content (AvgIpc) is 2.56. The number of piperidine rings is 1. The number of hydrogen-bond acceptors (Lipinski definition) is 5. The molecule has 0 amide bonds. The fourth-order valence-electron chi connectivity index (χ4n) is 3.64. The van der Waals surface area contributed by atoms with Gasteiger partial charge in [0.1, 0.15) is 12.1 Å². The highest BCUT2D eigenvalue weighted by atomic mass is 16.1. The second-order valence-corrected chi connectivity index (χ2v) is 6.62. The van der Waals surface area contributed by atoms with Crippen molar-refractivity contribution in [3.63, 3.8) is 0 Å². The highest BCUT2D eigenvalue weighted by molar-refractivity contribution is 5.41. The third kappa shape index (κ3) is 2.63. The molecule has 3 aliphatic rings. The molecule has 3 aliphatic heterocycles. The van der Waals surface area contributed by atoms with Crippen LogP contribution >= 0.6 is 0 Å². The third-order valence-electron chi connectivity index (χ3n) is 4.99. The fourth-order valence-corrected chi connectivity index (χ4v) is 3.64. The Labute approximate surface area is 135 Å². The summed E-state index contributed by atoms with van der Waals surface area (Å²) in [6, 6.07) is 6.94. The lowest BCUT2D eigenvalue weighted by Gasteiger charge is -2.56. The van der Waals surface area contributed by atoms with Crippen LogP contribution in [-0.2, 0) is 13.6 Å². The van der Waals surface area contributed by atoms with Gasteiger partial charge >= 0.3 is 0 Å². The van der Waals surface area contributed by atoms with Crippen LogP contribution in [0, 0.1) is 6.92 Å². The van der Waals surface area contributed by atoms with Crippen molar-refractivity contribution >= 4 is 5.82 Å². The minimum absolute atomic E-state index is 0.0614. The maximum absolute atomic E-state index is 11.8. The molecule has 5 rings (SSSR count). The predicted molar refractivity (Wildman–Crippen MR) is 88.4 cm³/mol. The maximum Gasteiger partial charge on any atom is 0.250 e. The van der Waals surface area contributed by atoms with Gasteiger partial charge in [-0.1, -0.05) is 0 Å². The predicted octanol–water partition coefficient (Wildman–Crippen LogP) is 0.947. The summed E-state index contributed by atoms with van der Waals surface area (Å²) in [6.45, 7) is 4.86. The zero-order valence-corrected chi connectivity index (χ0v) is 13.5. The van der Waals surface area contributed by atoms with Crippen LogP contribution in [0.15, 0.2) is 35.5 Å². The van der Waals surface area contributed by atoms with Crippen LogP contribution in [0.4, 0.5) is 5.82 Å². The lowest BCUT2D eigenvalue weighted by Crippen LogP contribution is -2.68. The number of rotatable bonds is 3. The van der Waals surface area contributed by atoms with Crippen molar-refractivity contribution in [2.45, 2.75) is 32.0 Å². The smallest absolute Gasteiger partial charge is 0.250 e. The second kappa shape index (κ2) is 5.45. The van der Waals surface area contributed by atoms with E-state index in [2.05, 4.69) is 25.8 Å². The van der Waals surface area contributed by atoms with E-state index in [1.54, 1.807) is 24.0 Å². The molecule has 120 valence electrons. The molecule has 6 nitrogen and oxygen atoms in total. The molecule has 0 N–H and O–H groups in total. The maximum atomic E-state index is 11.8. The molecule has 2 atom stereocenters. The molecule has 0 spiro atoms. The molecule has 2 aromatic rings. The number of anilines is 1. The largest absolute Gasteiger partial charge is 0.353 e. The first-order valence-electron chi connectivity index (χ1n) is 8.05. The lowest BCUT2D eigenvalue weighted by atomic mass is 9.87. The van der Waals surface area contributed by atoms with E-state index in [1.165, 1.54) is 6.42 Å². The lowest BCUT2D eigenvalue weighted by molar-refractivity contribution is -0.00874. The fraction of sp³-hybridized carbons (Fsp3) is 0.471. The van der Waals surface area contributed by atoms with Crippen molar-refractivity contribution < 1.29 is 0 Å². The normalized spacial score (nSPS) is 23.7. The standard InChI is InChI=1S/C17H21N5O/c1-12-5-16(19-11-18-12)21-9-14-7-15(10-21)22(14)8-13-3-4-20(2)17(23)6-13/h3-6,11,14-15H,7-10H2,1-2H3. The first-order chi connectivity index (χ1) is 11.1. The van der Waals surface area contributed by atoms with Gasteiger partial charge in [-0.05, 0) is 25.0 Å². The van der Waals surface area contributed by atoms with Gasteiger partial charge in [0.2, 0.25) is 0 Å². The molecule has 0 aromatic carbocycles. The summed E-state index contributed by atoms with van der Waals surface area (Å²) in [7, 11) is 1.78. The van der Waals surface area contributed by atoms with Crippen LogP contribution in [0.1, 0.15) is 17.7 Å². The van der Waals surface area contributed by atoms with Gasteiger partial charge in [-0.25, -0.2) is 9.97 Å². The van der Waals surface area contributed by atoms with Gasteiger partial charge < -0.3 is 9.47 Å². The van der Waals surface area contributed by atoms with Gasteiger partial charge in [-0.15, -0.1) is 0 Å². The van der Waals surface area contributed by atoms with Crippen molar-refractivity contribution in [1.29, 1.82) is 0 Å². The molecule has 3 fully saturated rings. The zero-order valence-electron chi connectivity index (χ0n) is 13.5. The molecule has 2 unspecified atom stereocenters. The number of fused-ring (bicyclic) bond motifs is 2. The highest BCUT2D eigenvalue weighted by Crippen LogP contribution is 2.35. The molecule has 0 radical (unpaired) electrons. The number of aromatic nitrogens is 3. The highest BCUT2D eigenvalue weighted by Gasteiger charge is 2.44. The van der Waals surface area contributed by atoms with Crippen LogP contribution < -0.4 is 10.5 Å². The van der Waals surface area contributed by atoms with Crippen LogP contribution in [0.3, 0.4) is 0 Å². The van der Waals surface area contributed by atoms with E-state index < -0.39 is 0 Å². The summed E-state index contributed by atoms with van der Waals surface area (Å²) in [6.07, 6.45) is 4.73. The van der Waals surface area contributed by atoms with Crippen LogP contribution in [0.5, 0.6) is 0 Å². The first-order valence-corrected chi connectivity index (χ1v) is 8.05. The molecule has 3 saturated heterocycles. The van der Waals surface area contributed by atoms with E-state index in [1.807, 2.05) is 19.2 Å². The third-order valence-corrected chi connectivity index (χ3v) is 4.99. The Bertz CT molecular complexity index is 775. The van der Waals surface area contributed by atoms with E-state index >= 15 is 0 Å². The number of pyridine rings is 1. The minimum atomic E-state index is 0.0614. The molecule has 23 heavy (non-hydrogen) atoms. The zero-order chi connectivity index (χ0) is 16.0. The van der Waals surface area contributed by atoms with Gasteiger partial charge in [-0.3, -0.25) is 9.69 Å². The van der Waals surface area contributed by atoms with Crippen molar-refractivity contribution in [2.24, 2.45) is 7.05 Å². The van der Waals surface area contributed by atoms with Crippen LogP contribution in [0.2, 0.25) is 0 Å². The second-order valence-electron chi connectivity index (χ2n) is 6.62. The van der Waals surface area contributed by atoms with Gasteiger partial charge in [0.25, 0.3) is 5.56 Å². The Hall–Kier alpha value is -2.21. The van der Waals surface area contributed by atoms with Gasteiger partial charge in [0, 0.05) is 62.8 Å². The van der Waals surface area contributed by atoms with Crippen LogP contribution in [0.25, 0.3) is 0 Å². The number of piperazine rings is 1. The minimum Gasteiger partial charge on any atom is -0.353 e. The van der Waals surface area contributed by atoms with E-state index in [9.17, 15) is 4.79 Å². The Morgan fingerprint density at radius 3 is 2.70 bits per heavy atom. The quantitative estimate of drug-likeness (QED) is 0.845. The summed E-state index contributed by atoms with van der Waals surface area (Å²) in [5.41, 5.74) is 2.17. The molecule has 0 aliphatic carbocycles. The van der Waals surface area contributed by atoms with Crippen molar-refractivity contribution in [3.05, 3.63) is 52.3 Å². The summed E-state index contributed by atoms with van der Waals surface area (Å²) in [4.78, 5) is 25.2. The van der Waals surface area contributed by atoms with Gasteiger partial charge in [0.15, 0.2) is 0 Å². The van der Waals surface area contributed by atoms with Gasteiger partial charge in [0.05, 0.1) is 0 Å². The molecule has 0 saturated carbocycles. The Kier molecular flexibility index (Phi) is 3.41. The van der Waals surface area contributed by atoms with E-state index in [4.69, 9.17) is 0 Å². The molecule has 6 heteroatoms. The Morgan fingerprint density at radius 2 is 2.00 bits per heavy atom. The van der Waals surface area contributed by atoms with Gasteiger partial charge in [-0.2, -0.15) is 0 Å². The van der Waals surface area contributed by atoms with E-state index in [-0.39, 0.29) is 5.56 Å². The first kappa shape index (κ1) is 14.4. The SMILES string of the molecule is Cc1cc(N2CC3CC(C2)N3Cc2ccn(C)c(=O)c2)ncn1. The molecule has 2 aromatic heterocycles. The average molecular weight is 311 g/mol. The Balaban J connectivity index is 1.45. The van der Waals surface area contributed by atoms with E-state index in [0.29, 0.717) is 12.1 Å². The van der Waals surface area contributed by atoms with Crippen LogP contribution in [-0.4, -0.2) is 44.6 Å². The molecule has 2 bridgehead atoms. The number of aryl methyl sites for hydroxylation is 2. The summed E-state index contributed by atoms with van der Waals surface area (Å²) in [5, 5.41) is 0. The monoisotopic (exact) mass is 311 g/mol. The molecular weight excluding hydrogens is 290 g/mol. The number of nitrogens with zero attached hydrogens (tertiary/aromatic N) is 5. The summed E-state index contributed by atoms with van der Waals surface area (Å²) >= 11 is 0. The topological polar surface area (TPSA) is 54.3 Å². The summed E-state index contributed by atoms with van der Waals surface area (Å²) in [5.74, 6) is 1.03. The van der Waals surface area contributed by atoms with E-state index in [0.717, 1.165) is 36.7 Å². The Morgan fingerprint density at radius 1 is 1.22 bits per heavy atom. The molecular formula is C17H21N5O. The van der Waals surface area contributed by atoms with Crippen molar-refractivity contribution in [2.75, 3.05) is 18.0 Å².